The highest BCUT2D eigenvalue weighted by molar-refractivity contribution is 5.78. The molecular weight excluding hydrogens is 192 g/mol. The summed E-state index contributed by atoms with van der Waals surface area (Å²) in [6.45, 7) is 4.49. The van der Waals surface area contributed by atoms with Gasteiger partial charge >= 0.3 is 0 Å². The molecule has 0 unspecified atom stereocenters. The highest BCUT2D eigenvalue weighted by Gasteiger charge is 2.23. The van der Waals surface area contributed by atoms with E-state index in [0.717, 1.165) is 6.42 Å². The predicted octanol–water partition coefficient (Wildman–Crippen LogP) is 4.07. The Morgan fingerprint density at radius 3 is 2.50 bits per heavy atom. The molecule has 0 saturated carbocycles. The van der Waals surface area contributed by atoms with Crippen molar-refractivity contribution >= 4 is 5.57 Å². The molecule has 1 aromatic carbocycles. The predicted molar refractivity (Wildman–Crippen MR) is 69.2 cm³/mol. The van der Waals surface area contributed by atoms with Gasteiger partial charge in [0.15, 0.2) is 0 Å². The first-order chi connectivity index (χ1) is 7.77. The summed E-state index contributed by atoms with van der Waals surface area (Å²) in [6, 6.07) is 6.65. The fourth-order valence-corrected chi connectivity index (χ4v) is 2.94. The van der Waals surface area contributed by atoms with Crippen LogP contribution in [0.5, 0.6) is 0 Å². The molecule has 2 aliphatic rings. The quantitative estimate of drug-likeness (QED) is 0.652. The molecule has 0 spiro atoms. The highest BCUT2D eigenvalue weighted by atomic mass is 14.3. The molecule has 0 amide bonds. The molecule has 0 radical (unpaired) electrons. The van der Waals surface area contributed by atoms with E-state index in [0.29, 0.717) is 5.92 Å². The van der Waals surface area contributed by atoms with Gasteiger partial charge in [-0.1, -0.05) is 48.1 Å². The molecule has 0 heterocycles. The summed E-state index contributed by atoms with van der Waals surface area (Å²) in [6.07, 6.45) is 10.0. The number of fused-ring (bicyclic) bond motifs is 1. The molecule has 0 saturated heterocycles. The standard InChI is InChI=1S/C16H16/c1-11-6-5-9-14-10-15(12(2)16(11)14)13-7-3-4-8-13/h3-9,13H,10H2,1-2H3. The second-order valence-corrected chi connectivity index (χ2v) is 4.73. The summed E-state index contributed by atoms with van der Waals surface area (Å²) < 4.78 is 0. The Morgan fingerprint density at radius 1 is 1.06 bits per heavy atom. The fraction of sp³-hybridized carbons (Fsp3) is 0.250. The van der Waals surface area contributed by atoms with Crippen molar-refractivity contribution in [3.05, 3.63) is 64.8 Å². The van der Waals surface area contributed by atoms with Gasteiger partial charge in [0.2, 0.25) is 0 Å². The van der Waals surface area contributed by atoms with Gasteiger partial charge in [-0.2, -0.15) is 0 Å². The summed E-state index contributed by atoms with van der Waals surface area (Å²) in [4.78, 5) is 0. The maximum Gasteiger partial charge on any atom is 0.0172 e. The Hall–Kier alpha value is -1.56. The lowest BCUT2D eigenvalue weighted by atomic mass is 9.96. The zero-order chi connectivity index (χ0) is 11.1. The van der Waals surface area contributed by atoms with Crippen molar-refractivity contribution < 1.29 is 0 Å². The van der Waals surface area contributed by atoms with E-state index in [2.05, 4.69) is 56.4 Å². The Morgan fingerprint density at radius 2 is 1.81 bits per heavy atom. The third kappa shape index (κ3) is 1.30. The van der Waals surface area contributed by atoms with Crippen molar-refractivity contribution in [2.75, 3.05) is 0 Å². The molecule has 2 aliphatic carbocycles. The Bertz CT molecular complexity index is 515. The van der Waals surface area contributed by atoms with E-state index < -0.39 is 0 Å². The molecule has 0 bridgehead atoms. The summed E-state index contributed by atoms with van der Waals surface area (Å²) in [5.41, 5.74) is 7.48. The topological polar surface area (TPSA) is 0 Å². The van der Waals surface area contributed by atoms with Crippen LogP contribution >= 0.6 is 0 Å². The van der Waals surface area contributed by atoms with E-state index in [9.17, 15) is 0 Å². The molecule has 0 fully saturated rings. The van der Waals surface area contributed by atoms with Gasteiger partial charge in [-0.15, -0.1) is 0 Å². The first-order valence-electron chi connectivity index (χ1n) is 5.91. The zero-order valence-corrected chi connectivity index (χ0v) is 9.83. The summed E-state index contributed by atoms with van der Waals surface area (Å²) in [7, 11) is 0. The van der Waals surface area contributed by atoms with Crippen LogP contribution in [0, 0.1) is 12.8 Å². The zero-order valence-electron chi connectivity index (χ0n) is 9.83. The van der Waals surface area contributed by atoms with Gasteiger partial charge in [0.05, 0.1) is 0 Å². The molecule has 80 valence electrons. The number of aryl methyl sites for hydroxylation is 1. The van der Waals surface area contributed by atoms with Crippen molar-refractivity contribution in [1.29, 1.82) is 0 Å². The molecule has 0 atom stereocenters. The van der Waals surface area contributed by atoms with Gasteiger partial charge in [0.1, 0.15) is 0 Å². The maximum absolute atomic E-state index is 2.29. The molecule has 0 heteroatoms. The van der Waals surface area contributed by atoms with Crippen LogP contribution < -0.4 is 0 Å². The van der Waals surface area contributed by atoms with E-state index >= 15 is 0 Å². The summed E-state index contributed by atoms with van der Waals surface area (Å²) >= 11 is 0. The Balaban J connectivity index is 2.10. The number of rotatable bonds is 1. The first-order valence-corrected chi connectivity index (χ1v) is 5.91. The molecule has 0 N–H and O–H groups in total. The van der Waals surface area contributed by atoms with Crippen LogP contribution in [-0.4, -0.2) is 0 Å². The second-order valence-electron chi connectivity index (χ2n) is 4.73. The van der Waals surface area contributed by atoms with Gasteiger partial charge in [0.25, 0.3) is 0 Å². The van der Waals surface area contributed by atoms with Crippen molar-refractivity contribution in [3.8, 4) is 0 Å². The van der Waals surface area contributed by atoms with E-state index in [1.165, 1.54) is 22.3 Å². The van der Waals surface area contributed by atoms with Crippen LogP contribution in [0.3, 0.4) is 0 Å². The van der Waals surface area contributed by atoms with Crippen LogP contribution in [0.1, 0.15) is 23.6 Å². The fourth-order valence-electron chi connectivity index (χ4n) is 2.94. The minimum atomic E-state index is 0.534. The normalized spacial score (nSPS) is 18.6. The number of benzene rings is 1. The summed E-state index contributed by atoms with van der Waals surface area (Å²) in [5.74, 6) is 0.534. The Labute approximate surface area is 97.0 Å². The SMILES string of the molecule is CC1=C(C2C=CC=C2)Cc2cccc(C)c21. The second kappa shape index (κ2) is 3.48. The Kier molecular flexibility index (Phi) is 2.10. The third-order valence-electron chi connectivity index (χ3n) is 3.75. The van der Waals surface area contributed by atoms with Gasteiger partial charge in [-0.25, -0.2) is 0 Å². The lowest BCUT2D eigenvalue weighted by Crippen LogP contribution is -1.96. The van der Waals surface area contributed by atoms with Gasteiger partial charge in [-0.05, 0) is 42.5 Å². The van der Waals surface area contributed by atoms with Crippen LogP contribution in [-0.2, 0) is 6.42 Å². The molecular formula is C16H16. The molecule has 3 rings (SSSR count). The van der Waals surface area contributed by atoms with Crippen LogP contribution in [0.2, 0.25) is 0 Å². The van der Waals surface area contributed by atoms with Crippen LogP contribution in [0.15, 0.2) is 48.1 Å². The van der Waals surface area contributed by atoms with Crippen LogP contribution in [0.25, 0.3) is 5.57 Å². The molecule has 1 aromatic rings. The first kappa shape index (κ1) is 9.65. The van der Waals surface area contributed by atoms with Crippen molar-refractivity contribution in [2.24, 2.45) is 5.92 Å². The monoisotopic (exact) mass is 208 g/mol. The lowest BCUT2D eigenvalue weighted by Gasteiger charge is -2.08. The third-order valence-corrected chi connectivity index (χ3v) is 3.75. The molecule has 0 aliphatic heterocycles. The smallest absolute Gasteiger partial charge is 0.0172 e. The minimum absolute atomic E-state index is 0.534. The molecule has 0 nitrogen and oxygen atoms in total. The van der Waals surface area contributed by atoms with Crippen molar-refractivity contribution in [1.82, 2.24) is 0 Å². The van der Waals surface area contributed by atoms with E-state index in [-0.39, 0.29) is 0 Å². The van der Waals surface area contributed by atoms with Gasteiger partial charge < -0.3 is 0 Å². The maximum atomic E-state index is 2.29. The minimum Gasteiger partial charge on any atom is -0.0735 e. The average molecular weight is 208 g/mol. The van der Waals surface area contributed by atoms with E-state index in [1.54, 1.807) is 5.57 Å². The van der Waals surface area contributed by atoms with Crippen molar-refractivity contribution in [3.63, 3.8) is 0 Å². The van der Waals surface area contributed by atoms with Crippen LogP contribution in [0.4, 0.5) is 0 Å². The van der Waals surface area contributed by atoms with Gasteiger partial charge in [0, 0.05) is 5.92 Å². The molecule has 0 aromatic heterocycles. The number of hydrogen-bond donors (Lipinski definition) is 0. The summed E-state index contributed by atoms with van der Waals surface area (Å²) in [5, 5.41) is 0. The number of hydrogen-bond acceptors (Lipinski definition) is 0. The average Bonchev–Trinajstić information content (AvgIpc) is 2.86. The molecule has 16 heavy (non-hydrogen) atoms. The van der Waals surface area contributed by atoms with Crippen molar-refractivity contribution in [2.45, 2.75) is 20.3 Å². The highest BCUT2D eigenvalue weighted by Crippen LogP contribution is 2.39. The van der Waals surface area contributed by atoms with Gasteiger partial charge in [-0.3, -0.25) is 0 Å². The number of allylic oxidation sites excluding steroid dienone is 6. The van der Waals surface area contributed by atoms with E-state index in [1.807, 2.05) is 0 Å². The largest absolute Gasteiger partial charge is 0.0735 e. The van der Waals surface area contributed by atoms with E-state index in [4.69, 9.17) is 0 Å². The lowest BCUT2D eigenvalue weighted by molar-refractivity contribution is 0.939.